The number of primary amides is 1. The molecule has 0 bridgehead atoms. The Morgan fingerprint density at radius 3 is 2.71 bits per heavy atom. The van der Waals surface area contributed by atoms with Crippen LogP contribution in [0.4, 0.5) is 5.82 Å². The van der Waals surface area contributed by atoms with Crippen LogP contribution >= 0.6 is 0 Å². The quantitative estimate of drug-likeness (QED) is 0.878. The van der Waals surface area contributed by atoms with Gasteiger partial charge in [0.15, 0.2) is 0 Å². The first-order valence-corrected chi connectivity index (χ1v) is 8.11. The lowest BCUT2D eigenvalue weighted by Gasteiger charge is -2.23. The lowest BCUT2D eigenvalue weighted by Crippen LogP contribution is -2.34. The fourth-order valence-corrected chi connectivity index (χ4v) is 3.25. The van der Waals surface area contributed by atoms with Gasteiger partial charge in [-0.1, -0.05) is 6.42 Å². The second-order valence-electron chi connectivity index (χ2n) is 6.39. The SMILES string of the molecule is CN1C(=O)C(n2cnc(C(N)=O)n2)CCn2nc(C3CCC3)cc21. The van der Waals surface area contributed by atoms with Crippen LogP contribution in [0.1, 0.15) is 54.0 Å². The summed E-state index contributed by atoms with van der Waals surface area (Å²) in [7, 11) is 1.74. The number of nitrogens with two attached hydrogens (primary N) is 1. The van der Waals surface area contributed by atoms with E-state index < -0.39 is 11.9 Å². The molecule has 3 heterocycles. The van der Waals surface area contributed by atoms with Crippen LogP contribution in [0.2, 0.25) is 0 Å². The highest BCUT2D eigenvalue weighted by atomic mass is 16.2. The zero-order valence-corrected chi connectivity index (χ0v) is 13.4. The Hall–Kier alpha value is -2.71. The van der Waals surface area contributed by atoms with Crippen molar-refractivity contribution in [3.8, 4) is 0 Å². The number of fused-ring (bicyclic) bond motifs is 1. The minimum atomic E-state index is -0.707. The van der Waals surface area contributed by atoms with E-state index in [0.717, 1.165) is 11.5 Å². The number of rotatable bonds is 3. The lowest BCUT2D eigenvalue weighted by atomic mass is 9.83. The molecule has 2 aromatic heterocycles. The van der Waals surface area contributed by atoms with Crippen LogP contribution in [0.3, 0.4) is 0 Å². The molecule has 1 atom stereocenters. The Bertz CT molecular complexity index is 805. The number of nitrogens with zero attached hydrogens (tertiary/aromatic N) is 6. The number of aryl methyl sites for hydroxylation is 1. The summed E-state index contributed by atoms with van der Waals surface area (Å²) in [5.74, 6) is 0.437. The summed E-state index contributed by atoms with van der Waals surface area (Å²) in [6.45, 7) is 0.606. The fourth-order valence-electron chi connectivity index (χ4n) is 3.25. The number of amides is 2. The molecule has 1 unspecified atom stereocenters. The molecule has 1 aliphatic carbocycles. The molecule has 1 fully saturated rings. The van der Waals surface area contributed by atoms with Crippen molar-refractivity contribution in [1.29, 1.82) is 0 Å². The van der Waals surface area contributed by atoms with E-state index in [1.54, 1.807) is 11.9 Å². The van der Waals surface area contributed by atoms with Gasteiger partial charge in [-0.15, -0.1) is 5.10 Å². The molecule has 2 amide bonds. The van der Waals surface area contributed by atoms with E-state index in [0.29, 0.717) is 18.9 Å². The minimum absolute atomic E-state index is 0.0836. The van der Waals surface area contributed by atoms with Crippen molar-refractivity contribution in [2.75, 3.05) is 11.9 Å². The van der Waals surface area contributed by atoms with Gasteiger partial charge in [-0.2, -0.15) is 5.10 Å². The van der Waals surface area contributed by atoms with Crippen LogP contribution < -0.4 is 10.6 Å². The highest BCUT2D eigenvalue weighted by Gasteiger charge is 2.33. The van der Waals surface area contributed by atoms with Crippen molar-refractivity contribution in [2.45, 2.75) is 44.2 Å². The third-order valence-corrected chi connectivity index (χ3v) is 4.92. The Kier molecular flexibility index (Phi) is 3.36. The number of carbonyl (C=O) groups is 2. The molecule has 1 aliphatic heterocycles. The fraction of sp³-hybridized carbons (Fsp3) is 0.533. The van der Waals surface area contributed by atoms with E-state index in [4.69, 9.17) is 5.73 Å². The number of carbonyl (C=O) groups excluding carboxylic acids is 2. The second kappa shape index (κ2) is 5.43. The molecule has 0 saturated heterocycles. The van der Waals surface area contributed by atoms with Gasteiger partial charge in [-0.3, -0.25) is 14.5 Å². The van der Waals surface area contributed by atoms with Gasteiger partial charge in [-0.25, -0.2) is 14.3 Å². The molecule has 126 valence electrons. The maximum Gasteiger partial charge on any atom is 0.288 e. The van der Waals surface area contributed by atoms with E-state index in [9.17, 15) is 9.59 Å². The first-order chi connectivity index (χ1) is 11.5. The average Bonchev–Trinajstić information content (AvgIpc) is 3.10. The van der Waals surface area contributed by atoms with Crippen LogP contribution in [-0.2, 0) is 11.3 Å². The summed E-state index contributed by atoms with van der Waals surface area (Å²) in [6, 6.07) is 1.49. The molecule has 9 heteroatoms. The molecular formula is C15H19N7O2. The first-order valence-electron chi connectivity index (χ1n) is 8.11. The summed E-state index contributed by atoms with van der Waals surface area (Å²) in [5.41, 5.74) is 6.25. The average molecular weight is 329 g/mol. The number of aromatic nitrogens is 5. The predicted octanol–water partition coefficient (Wildman–Crippen LogP) is 0.449. The van der Waals surface area contributed by atoms with Gasteiger partial charge in [-0.05, 0) is 19.3 Å². The van der Waals surface area contributed by atoms with Crippen molar-refractivity contribution < 1.29 is 9.59 Å². The Balaban J connectivity index is 1.61. The zero-order chi connectivity index (χ0) is 16.8. The van der Waals surface area contributed by atoms with Gasteiger partial charge in [0.25, 0.3) is 11.8 Å². The molecule has 2 aromatic rings. The normalized spacial score (nSPS) is 21.3. The number of hydrogen-bond donors (Lipinski definition) is 1. The molecule has 4 rings (SSSR count). The molecule has 24 heavy (non-hydrogen) atoms. The van der Waals surface area contributed by atoms with Gasteiger partial charge >= 0.3 is 0 Å². The maximum atomic E-state index is 12.8. The third-order valence-electron chi connectivity index (χ3n) is 4.92. The molecule has 2 aliphatic rings. The highest BCUT2D eigenvalue weighted by Crippen LogP contribution is 2.38. The van der Waals surface area contributed by atoms with Gasteiger partial charge < -0.3 is 5.73 Å². The summed E-state index contributed by atoms with van der Waals surface area (Å²) < 4.78 is 3.30. The van der Waals surface area contributed by atoms with Crippen molar-refractivity contribution in [3.63, 3.8) is 0 Å². The summed E-state index contributed by atoms with van der Waals surface area (Å²) in [6.07, 6.45) is 5.50. The predicted molar refractivity (Wildman–Crippen MR) is 84.4 cm³/mol. The van der Waals surface area contributed by atoms with Crippen molar-refractivity contribution in [3.05, 3.63) is 23.9 Å². The van der Waals surface area contributed by atoms with E-state index in [1.807, 2.05) is 10.7 Å². The van der Waals surface area contributed by atoms with E-state index in [-0.39, 0.29) is 11.7 Å². The van der Waals surface area contributed by atoms with Gasteiger partial charge in [0.1, 0.15) is 18.2 Å². The van der Waals surface area contributed by atoms with Crippen LogP contribution in [0.15, 0.2) is 12.4 Å². The van der Waals surface area contributed by atoms with Crippen LogP contribution in [-0.4, -0.2) is 43.4 Å². The Morgan fingerprint density at radius 1 is 1.29 bits per heavy atom. The maximum absolute atomic E-state index is 12.8. The largest absolute Gasteiger partial charge is 0.363 e. The topological polar surface area (TPSA) is 112 Å². The number of hydrogen-bond acceptors (Lipinski definition) is 5. The molecule has 0 spiro atoms. The van der Waals surface area contributed by atoms with Gasteiger partial charge in [0.05, 0.1) is 5.69 Å². The second-order valence-corrected chi connectivity index (χ2v) is 6.39. The Morgan fingerprint density at radius 2 is 2.08 bits per heavy atom. The van der Waals surface area contributed by atoms with E-state index in [1.165, 1.54) is 30.3 Å². The number of likely N-dealkylation sites (N-methyl/N-ethyl adjacent to an activating group) is 1. The third kappa shape index (κ3) is 2.27. The highest BCUT2D eigenvalue weighted by molar-refractivity contribution is 5.95. The smallest absolute Gasteiger partial charge is 0.288 e. The van der Waals surface area contributed by atoms with E-state index in [2.05, 4.69) is 15.2 Å². The molecule has 9 nitrogen and oxygen atoms in total. The minimum Gasteiger partial charge on any atom is -0.363 e. The van der Waals surface area contributed by atoms with Gasteiger partial charge in [0.2, 0.25) is 5.82 Å². The zero-order valence-electron chi connectivity index (χ0n) is 13.4. The lowest BCUT2D eigenvalue weighted by molar-refractivity contribution is -0.121. The molecule has 0 aromatic carbocycles. The van der Waals surface area contributed by atoms with Crippen LogP contribution in [0.25, 0.3) is 0 Å². The molecular weight excluding hydrogens is 310 g/mol. The van der Waals surface area contributed by atoms with Crippen LogP contribution in [0, 0.1) is 0 Å². The van der Waals surface area contributed by atoms with Gasteiger partial charge in [0, 0.05) is 25.6 Å². The molecule has 1 saturated carbocycles. The van der Waals surface area contributed by atoms with E-state index >= 15 is 0 Å². The first kappa shape index (κ1) is 14.9. The van der Waals surface area contributed by atoms with Crippen molar-refractivity contribution in [1.82, 2.24) is 24.5 Å². The van der Waals surface area contributed by atoms with Crippen molar-refractivity contribution >= 4 is 17.6 Å². The molecule has 0 radical (unpaired) electrons. The number of anilines is 1. The molecule has 2 N–H and O–H groups in total. The van der Waals surface area contributed by atoms with Crippen molar-refractivity contribution in [2.24, 2.45) is 5.73 Å². The summed E-state index contributed by atoms with van der Waals surface area (Å²) in [4.78, 5) is 29.5. The Labute approximate surface area is 138 Å². The summed E-state index contributed by atoms with van der Waals surface area (Å²) >= 11 is 0. The monoisotopic (exact) mass is 329 g/mol. The van der Waals surface area contributed by atoms with Crippen LogP contribution in [0.5, 0.6) is 0 Å². The summed E-state index contributed by atoms with van der Waals surface area (Å²) in [5, 5.41) is 8.71. The standard InChI is InChI=1S/C15H19N7O2/c1-20-12-7-10(9-3-2-4-9)18-21(12)6-5-11(15(20)24)22-8-17-14(19-22)13(16)23/h7-9,11H,2-6H2,1H3,(H2,16,23).